The zero-order chi connectivity index (χ0) is 17.6. The van der Waals surface area contributed by atoms with Crippen LogP contribution < -0.4 is 0 Å². The third kappa shape index (κ3) is 2.56. The van der Waals surface area contributed by atoms with E-state index in [1.54, 1.807) is 7.11 Å². The van der Waals surface area contributed by atoms with E-state index in [-0.39, 0.29) is 11.4 Å². The molecule has 24 heavy (non-hydrogen) atoms. The van der Waals surface area contributed by atoms with Crippen LogP contribution in [0.15, 0.2) is 17.9 Å². The number of methoxy groups -OCH3 is 1. The number of hydrogen-bond donors (Lipinski definition) is 0. The summed E-state index contributed by atoms with van der Waals surface area (Å²) in [6.07, 6.45) is 1.82. The predicted molar refractivity (Wildman–Crippen MR) is 105 cm³/mol. The summed E-state index contributed by atoms with van der Waals surface area (Å²) in [5.74, 6) is 0.943. The molecule has 0 aromatic heterocycles. The molecule has 2 aliphatic rings. The molecule has 1 fully saturated rings. The maximum Gasteiger partial charge on any atom is 0.258 e. The van der Waals surface area contributed by atoms with Gasteiger partial charge in [-0.15, -0.1) is 0 Å². The van der Waals surface area contributed by atoms with Crippen LogP contribution in [0.1, 0.15) is 35.1 Å². The van der Waals surface area contributed by atoms with Crippen molar-refractivity contribution in [2.75, 3.05) is 27.2 Å². The van der Waals surface area contributed by atoms with Gasteiger partial charge in [0.25, 0.3) is 5.91 Å². The number of halogens is 1. The van der Waals surface area contributed by atoms with Crippen LogP contribution in [0.2, 0.25) is 0 Å². The molecule has 1 aromatic carbocycles. The Balaban J connectivity index is 2.20. The summed E-state index contributed by atoms with van der Waals surface area (Å²) in [7, 11) is 3.63. The van der Waals surface area contributed by atoms with E-state index in [2.05, 4.69) is 58.9 Å². The lowest BCUT2D eigenvalue weighted by molar-refractivity contribution is -0.127. The first-order chi connectivity index (χ1) is 11.3. The molecule has 0 aliphatic carbocycles. The first kappa shape index (κ1) is 17.7. The molecule has 4 nitrogen and oxygen atoms in total. The highest BCUT2D eigenvalue weighted by Gasteiger charge is 2.52. The first-order valence-corrected chi connectivity index (χ1v) is 9.34. The maximum atomic E-state index is 13.2. The molecule has 1 amide bonds. The molecule has 0 N–H and O–H groups in total. The van der Waals surface area contributed by atoms with Gasteiger partial charge in [-0.2, -0.15) is 0 Å². The highest BCUT2D eigenvalue weighted by atomic mass is 127. The van der Waals surface area contributed by atoms with Gasteiger partial charge < -0.3 is 9.64 Å². The van der Waals surface area contributed by atoms with Gasteiger partial charge >= 0.3 is 0 Å². The molecule has 0 unspecified atom stereocenters. The summed E-state index contributed by atoms with van der Waals surface area (Å²) in [5.41, 5.74) is 5.01. The number of ether oxygens (including phenoxy) is 1. The van der Waals surface area contributed by atoms with Gasteiger partial charge in [-0.1, -0.05) is 17.7 Å². The number of amides is 1. The van der Waals surface area contributed by atoms with Crippen LogP contribution in [0, 0.1) is 20.8 Å². The molecule has 2 aliphatic heterocycles. The standard InChI is InChI=1S/C19H25IN2O2/c1-12-10-13(2)15(14(3)11-12)16-17(24-5)19(21(4)18(16)23)6-8-22(20)9-7-19/h10-11H,6-9H2,1-5H3. The Hall–Kier alpha value is -1.08. The Bertz CT molecular complexity index is 695. The van der Waals surface area contributed by atoms with Crippen molar-refractivity contribution < 1.29 is 9.53 Å². The van der Waals surface area contributed by atoms with Gasteiger partial charge in [0, 0.05) is 43.0 Å². The number of benzene rings is 1. The van der Waals surface area contributed by atoms with Crippen molar-refractivity contribution in [2.24, 2.45) is 0 Å². The molecule has 0 atom stereocenters. The molecule has 1 saturated heterocycles. The lowest BCUT2D eigenvalue weighted by atomic mass is 9.84. The number of nitrogens with zero attached hydrogens (tertiary/aromatic N) is 2. The molecule has 1 aromatic rings. The average molecular weight is 440 g/mol. The highest BCUT2D eigenvalue weighted by Crippen LogP contribution is 2.47. The Morgan fingerprint density at radius 1 is 1.12 bits per heavy atom. The smallest absolute Gasteiger partial charge is 0.258 e. The molecular weight excluding hydrogens is 415 g/mol. The van der Waals surface area contributed by atoms with Crippen molar-refractivity contribution in [3.05, 3.63) is 40.1 Å². The van der Waals surface area contributed by atoms with Crippen molar-refractivity contribution in [2.45, 2.75) is 39.2 Å². The Morgan fingerprint density at radius 3 is 2.17 bits per heavy atom. The van der Waals surface area contributed by atoms with Crippen molar-refractivity contribution in [1.82, 2.24) is 8.01 Å². The topological polar surface area (TPSA) is 32.8 Å². The van der Waals surface area contributed by atoms with Crippen molar-refractivity contribution in [3.8, 4) is 0 Å². The normalized spacial score (nSPS) is 21.1. The monoisotopic (exact) mass is 440 g/mol. The molecule has 0 radical (unpaired) electrons. The zero-order valence-electron chi connectivity index (χ0n) is 15.1. The molecule has 2 heterocycles. The molecule has 5 heteroatoms. The van der Waals surface area contributed by atoms with Crippen LogP contribution in [0.5, 0.6) is 0 Å². The van der Waals surface area contributed by atoms with E-state index < -0.39 is 0 Å². The van der Waals surface area contributed by atoms with E-state index >= 15 is 0 Å². The quantitative estimate of drug-likeness (QED) is 0.520. The minimum atomic E-state index is -0.299. The minimum Gasteiger partial charge on any atom is -0.498 e. The second-order valence-electron chi connectivity index (χ2n) is 6.99. The Labute approximate surface area is 158 Å². The van der Waals surface area contributed by atoms with Crippen molar-refractivity contribution in [1.29, 1.82) is 0 Å². The van der Waals surface area contributed by atoms with Gasteiger partial charge in [0.2, 0.25) is 0 Å². The number of piperidine rings is 1. The third-order valence-electron chi connectivity index (χ3n) is 5.48. The minimum absolute atomic E-state index is 0.0869. The molecule has 0 saturated carbocycles. The van der Waals surface area contributed by atoms with Crippen molar-refractivity contribution >= 4 is 34.3 Å². The van der Waals surface area contributed by atoms with Crippen LogP contribution in [0.25, 0.3) is 5.57 Å². The molecular formula is C19H25IN2O2. The SMILES string of the molecule is COC1=C(c2c(C)cc(C)cc2C)C(=O)N(C)C12CCN(I)CC2. The van der Waals surface area contributed by atoms with E-state index in [1.165, 1.54) is 5.56 Å². The van der Waals surface area contributed by atoms with Crippen LogP contribution >= 0.6 is 22.9 Å². The largest absolute Gasteiger partial charge is 0.498 e. The van der Waals surface area contributed by atoms with Crippen LogP contribution in [-0.2, 0) is 9.53 Å². The van der Waals surface area contributed by atoms with Gasteiger partial charge in [0.05, 0.1) is 12.7 Å². The summed E-state index contributed by atoms with van der Waals surface area (Å²) >= 11 is 2.36. The van der Waals surface area contributed by atoms with E-state index in [0.29, 0.717) is 0 Å². The highest BCUT2D eigenvalue weighted by molar-refractivity contribution is 14.1. The fourth-order valence-electron chi connectivity index (χ4n) is 4.34. The second kappa shape index (κ2) is 6.33. The Kier molecular flexibility index (Phi) is 4.68. The van der Waals surface area contributed by atoms with Gasteiger partial charge in [-0.05, 0) is 50.3 Å². The zero-order valence-corrected chi connectivity index (χ0v) is 17.2. The number of hydrogen-bond acceptors (Lipinski definition) is 3. The average Bonchev–Trinajstić information content (AvgIpc) is 2.71. The summed E-state index contributed by atoms with van der Waals surface area (Å²) in [5, 5.41) is 0. The molecule has 1 spiro atoms. The first-order valence-electron chi connectivity index (χ1n) is 8.37. The fraction of sp³-hybridized carbons (Fsp3) is 0.526. The number of rotatable bonds is 2. The third-order valence-corrected chi connectivity index (χ3v) is 6.44. The summed E-state index contributed by atoms with van der Waals surface area (Å²) < 4.78 is 8.17. The van der Waals surface area contributed by atoms with E-state index in [1.807, 2.05) is 11.9 Å². The van der Waals surface area contributed by atoms with Gasteiger partial charge in [-0.3, -0.25) is 4.79 Å². The van der Waals surface area contributed by atoms with Crippen LogP contribution in [0.3, 0.4) is 0 Å². The second-order valence-corrected chi connectivity index (χ2v) is 8.35. The van der Waals surface area contributed by atoms with Gasteiger partial charge in [0.15, 0.2) is 0 Å². The predicted octanol–water partition coefficient (Wildman–Crippen LogP) is 3.63. The number of carbonyl (C=O) groups is 1. The van der Waals surface area contributed by atoms with E-state index in [0.717, 1.165) is 54.0 Å². The number of carbonyl (C=O) groups excluding carboxylic acids is 1. The number of likely N-dealkylation sites (N-methyl/N-ethyl adjacent to an activating group) is 1. The summed E-state index contributed by atoms with van der Waals surface area (Å²) in [6, 6.07) is 4.29. The van der Waals surface area contributed by atoms with E-state index in [4.69, 9.17) is 4.74 Å². The van der Waals surface area contributed by atoms with Crippen LogP contribution in [-0.4, -0.2) is 46.7 Å². The van der Waals surface area contributed by atoms with Gasteiger partial charge in [0.1, 0.15) is 11.3 Å². The lowest BCUT2D eigenvalue weighted by Gasteiger charge is -2.42. The maximum absolute atomic E-state index is 13.2. The summed E-state index contributed by atoms with van der Waals surface area (Å²) in [6.45, 7) is 8.19. The fourth-order valence-corrected chi connectivity index (χ4v) is 4.83. The van der Waals surface area contributed by atoms with E-state index in [9.17, 15) is 4.79 Å². The molecule has 130 valence electrons. The lowest BCUT2D eigenvalue weighted by Crippen LogP contribution is -2.52. The van der Waals surface area contributed by atoms with Gasteiger partial charge in [-0.25, -0.2) is 3.11 Å². The van der Waals surface area contributed by atoms with Crippen molar-refractivity contribution in [3.63, 3.8) is 0 Å². The van der Waals surface area contributed by atoms with Crippen LogP contribution in [0.4, 0.5) is 0 Å². The Morgan fingerprint density at radius 2 is 1.67 bits per heavy atom. The summed E-state index contributed by atoms with van der Waals surface area (Å²) in [4.78, 5) is 15.1. The number of aryl methyl sites for hydroxylation is 3. The molecule has 3 rings (SSSR count). The molecule has 0 bridgehead atoms.